The van der Waals surface area contributed by atoms with Gasteiger partial charge in [-0.15, -0.1) is 0 Å². The van der Waals surface area contributed by atoms with E-state index in [1.807, 2.05) is 36.0 Å². The number of methoxy groups -OCH3 is 1. The highest BCUT2D eigenvalue weighted by molar-refractivity contribution is 7.98. The number of thioether (sulfide) groups is 1. The van der Waals surface area contributed by atoms with Gasteiger partial charge in [0.15, 0.2) is 5.82 Å². The van der Waals surface area contributed by atoms with Gasteiger partial charge in [0.25, 0.3) is 0 Å². The molecule has 2 aromatic carbocycles. The largest absolute Gasteiger partial charge is 0.497 e. The van der Waals surface area contributed by atoms with Crippen LogP contribution in [0.3, 0.4) is 0 Å². The van der Waals surface area contributed by atoms with E-state index in [0.717, 1.165) is 45.8 Å². The smallest absolute Gasteiger partial charge is 0.173 e. The number of ether oxygens (including phenoxy) is 1. The summed E-state index contributed by atoms with van der Waals surface area (Å²) in [6.45, 7) is 1.11. The van der Waals surface area contributed by atoms with E-state index in [2.05, 4.69) is 52.6 Å². The van der Waals surface area contributed by atoms with E-state index in [1.165, 1.54) is 17.1 Å². The first-order valence-electron chi connectivity index (χ1n) is 8.45. The van der Waals surface area contributed by atoms with Crippen LogP contribution in [-0.4, -0.2) is 47.8 Å². The Morgan fingerprint density at radius 2 is 1.69 bits per heavy atom. The van der Waals surface area contributed by atoms with Gasteiger partial charge in [0.05, 0.1) is 7.11 Å². The van der Waals surface area contributed by atoms with Crippen molar-refractivity contribution in [1.82, 2.24) is 14.3 Å². The van der Waals surface area contributed by atoms with Gasteiger partial charge >= 0.3 is 0 Å². The maximum atomic E-state index is 5.20. The normalized spacial score (nSPS) is 11.1. The number of aromatic nitrogens is 2. The lowest BCUT2D eigenvalue weighted by atomic mass is 10.1. The molecule has 1 aromatic heterocycles. The predicted molar refractivity (Wildman–Crippen MR) is 112 cm³/mol. The van der Waals surface area contributed by atoms with Gasteiger partial charge in [-0.2, -0.15) is 16.1 Å². The average molecular weight is 386 g/mol. The van der Waals surface area contributed by atoms with Crippen LogP contribution in [0.15, 0.2) is 48.5 Å². The minimum absolute atomic E-state index is 0.785. The van der Waals surface area contributed by atoms with Crippen LogP contribution in [0.25, 0.3) is 22.0 Å². The Morgan fingerprint density at radius 3 is 2.35 bits per heavy atom. The standard InChI is InChI=1S/C20H23N3OS2/c1-23(2)12-13-25-14-15-4-6-16(7-5-15)19-21-20(26-22-19)17-8-10-18(24-3)11-9-17/h4-11H,12-14H2,1-3H3. The number of hydrogen-bond donors (Lipinski definition) is 0. The van der Waals surface area contributed by atoms with Crippen LogP contribution >= 0.6 is 23.3 Å². The molecule has 0 fully saturated rings. The van der Waals surface area contributed by atoms with E-state index < -0.39 is 0 Å². The number of rotatable bonds is 8. The van der Waals surface area contributed by atoms with Crippen molar-refractivity contribution >= 4 is 23.3 Å². The summed E-state index contributed by atoms with van der Waals surface area (Å²) < 4.78 is 9.72. The third-order valence-electron chi connectivity index (χ3n) is 3.93. The zero-order valence-corrected chi connectivity index (χ0v) is 16.9. The Balaban J connectivity index is 1.63. The van der Waals surface area contributed by atoms with Crippen LogP contribution in [0.4, 0.5) is 0 Å². The maximum absolute atomic E-state index is 5.20. The minimum Gasteiger partial charge on any atom is -0.497 e. The topological polar surface area (TPSA) is 38.2 Å². The van der Waals surface area contributed by atoms with Gasteiger partial charge in [-0.05, 0) is 55.5 Å². The van der Waals surface area contributed by atoms with Gasteiger partial charge in [0, 0.05) is 29.2 Å². The summed E-state index contributed by atoms with van der Waals surface area (Å²) in [7, 11) is 5.88. The van der Waals surface area contributed by atoms with Gasteiger partial charge in [0.1, 0.15) is 10.8 Å². The second-order valence-electron chi connectivity index (χ2n) is 6.20. The zero-order valence-electron chi connectivity index (χ0n) is 15.3. The first-order valence-corrected chi connectivity index (χ1v) is 10.4. The third-order valence-corrected chi connectivity index (χ3v) is 5.70. The van der Waals surface area contributed by atoms with Crippen molar-refractivity contribution in [3.8, 4) is 27.7 Å². The van der Waals surface area contributed by atoms with Crippen molar-refractivity contribution < 1.29 is 4.74 Å². The highest BCUT2D eigenvalue weighted by Crippen LogP contribution is 2.27. The molecule has 0 amide bonds. The monoisotopic (exact) mass is 385 g/mol. The van der Waals surface area contributed by atoms with Crippen molar-refractivity contribution in [2.75, 3.05) is 33.5 Å². The molecule has 0 saturated carbocycles. The average Bonchev–Trinajstić information content (AvgIpc) is 3.16. The van der Waals surface area contributed by atoms with Crippen molar-refractivity contribution in [1.29, 1.82) is 0 Å². The molecule has 136 valence electrons. The molecule has 0 aliphatic rings. The Bertz CT molecular complexity index is 814. The Kier molecular flexibility index (Phi) is 6.66. The maximum Gasteiger partial charge on any atom is 0.173 e. The molecule has 0 aliphatic carbocycles. The van der Waals surface area contributed by atoms with Crippen LogP contribution in [0.1, 0.15) is 5.56 Å². The van der Waals surface area contributed by atoms with E-state index in [9.17, 15) is 0 Å². The molecule has 0 atom stereocenters. The van der Waals surface area contributed by atoms with Gasteiger partial charge in [-0.25, -0.2) is 4.98 Å². The van der Waals surface area contributed by atoms with E-state index in [-0.39, 0.29) is 0 Å². The lowest BCUT2D eigenvalue weighted by molar-refractivity contribution is 0.415. The highest BCUT2D eigenvalue weighted by Gasteiger charge is 2.09. The molecule has 0 unspecified atom stereocenters. The van der Waals surface area contributed by atoms with Crippen molar-refractivity contribution in [3.63, 3.8) is 0 Å². The molecule has 6 heteroatoms. The van der Waals surface area contributed by atoms with E-state index in [0.29, 0.717) is 0 Å². The van der Waals surface area contributed by atoms with Crippen molar-refractivity contribution in [3.05, 3.63) is 54.1 Å². The molecule has 3 rings (SSSR count). The van der Waals surface area contributed by atoms with Gasteiger partial charge in [-0.3, -0.25) is 0 Å². The lowest BCUT2D eigenvalue weighted by Crippen LogP contribution is -2.14. The van der Waals surface area contributed by atoms with E-state index >= 15 is 0 Å². The highest BCUT2D eigenvalue weighted by atomic mass is 32.2. The molecule has 0 radical (unpaired) electrons. The lowest BCUT2D eigenvalue weighted by Gasteiger charge is -2.08. The fourth-order valence-corrected chi connectivity index (χ4v) is 4.13. The molecule has 0 spiro atoms. The second-order valence-corrected chi connectivity index (χ2v) is 8.06. The van der Waals surface area contributed by atoms with Crippen molar-refractivity contribution in [2.24, 2.45) is 0 Å². The summed E-state index contributed by atoms with van der Waals surface area (Å²) in [5.74, 6) is 3.81. The molecule has 4 nitrogen and oxygen atoms in total. The molecule has 3 aromatic rings. The summed E-state index contributed by atoms with van der Waals surface area (Å²) >= 11 is 3.38. The minimum atomic E-state index is 0.785. The third kappa shape index (κ3) is 5.06. The Hall–Kier alpha value is -1.89. The molecule has 0 bridgehead atoms. The van der Waals surface area contributed by atoms with E-state index in [1.54, 1.807) is 7.11 Å². The molecule has 0 N–H and O–H groups in total. The number of hydrogen-bond acceptors (Lipinski definition) is 6. The molecule has 0 aliphatic heterocycles. The molecule has 1 heterocycles. The fraction of sp³-hybridized carbons (Fsp3) is 0.300. The number of nitrogens with zero attached hydrogens (tertiary/aromatic N) is 3. The first kappa shape index (κ1) is 18.9. The van der Waals surface area contributed by atoms with Crippen LogP contribution < -0.4 is 4.74 Å². The quantitative estimate of drug-likeness (QED) is 0.527. The SMILES string of the molecule is COc1ccc(-c2nc(-c3ccc(CSCCN(C)C)cc3)ns2)cc1. The first-order chi connectivity index (χ1) is 12.7. The molecule has 26 heavy (non-hydrogen) atoms. The zero-order chi connectivity index (χ0) is 18.4. The predicted octanol–water partition coefficient (Wildman–Crippen LogP) is 4.68. The van der Waals surface area contributed by atoms with Crippen LogP contribution in [0.2, 0.25) is 0 Å². The van der Waals surface area contributed by atoms with Crippen LogP contribution in [0, 0.1) is 0 Å². The summed E-state index contributed by atoms with van der Waals surface area (Å²) in [4.78, 5) is 6.90. The molecular weight excluding hydrogens is 362 g/mol. The summed E-state index contributed by atoms with van der Waals surface area (Å²) in [6.07, 6.45) is 0. The Labute approximate surface area is 163 Å². The summed E-state index contributed by atoms with van der Waals surface area (Å²) in [6, 6.07) is 16.5. The Morgan fingerprint density at radius 1 is 1.00 bits per heavy atom. The summed E-state index contributed by atoms with van der Waals surface area (Å²) in [5, 5.41) is 0.922. The van der Waals surface area contributed by atoms with Gasteiger partial charge < -0.3 is 9.64 Å². The molecule has 0 saturated heterocycles. The fourth-order valence-electron chi connectivity index (χ4n) is 2.38. The van der Waals surface area contributed by atoms with Gasteiger partial charge in [0.2, 0.25) is 0 Å². The van der Waals surface area contributed by atoms with Crippen LogP contribution in [0.5, 0.6) is 5.75 Å². The van der Waals surface area contributed by atoms with Gasteiger partial charge in [-0.1, -0.05) is 24.3 Å². The second kappa shape index (κ2) is 9.16. The van der Waals surface area contributed by atoms with E-state index in [4.69, 9.17) is 4.74 Å². The number of benzene rings is 2. The van der Waals surface area contributed by atoms with Crippen LogP contribution in [-0.2, 0) is 5.75 Å². The molecular formula is C20H23N3OS2. The van der Waals surface area contributed by atoms with Crippen molar-refractivity contribution in [2.45, 2.75) is 5.75 Å². The summed E-state index contributed by atoms with van der Waals surface area (Å²) in [5.41, 5.74) is 3.45.